The van der Waals surface area contributed by atoms with Crippen LogP contribution in [-0.2, 0) is 13.1 Å². The largest absolute Gasteiger partial charge is 0.467 e. The minimum atomic E-state index is 0.606. The molecule has 30 heavy (non-hydrogen) atoms. The molecule has 0 aromatic carbocycles. The van der Waals surface area contributed by atoms with E-state index >= 15 is 0 Å². The molecule has 0 atom stereocenters. The highest BCUT2D eigenvalue weighted by Crippen LogP contribution is 2.27. The smallest absolute Gasteiger partial charge is 0.206 e. The van der Waals surface area contributed by atoms with Crippen molar-refractivity contribution in [2.75, 3.05) is 22.1 Å². The average molecular weight is 479 g/mol. The van der Waals surface area contributed by atoms with E-state index in [-0.39, 0.29) is 0 Å². The molecule has 0 amide bonds. The Bertz CT molecular complexity index is 947. The SMILES string of the molecule is C(=C\CSc1nnc(NCc2ccco2)s1)/CSc1nnc(NCc2ccco2)s1. The summed E-state index contributed by atoms with van der Waals surface area (Å²) in [6.07, 6.45) is 7.58. The Kier molecular flexibility index (Phi) is 7.83. The van der Waals surface area contributed by atoms with Gasteiger partial charge in [-0.3, -0.25) is 0 Å². The first-order chi connectivity index (χ1) is 14.8. The van der Waals surface area contributed by atoms with Crippen LogP contribution in [0.3, 0.4) is 0 Å². The van der Waals surface area contributed by atoms with E-state index in [0.717, 1.165) is 42.0 Å². The zero-order valence-corrected chi connectivity index (χ0v) is 19.0. The Labute approximate surface area is 189 Å². The quantitative estimate of drug-likeness (QED) is 0.207. The molecule has 0 bridgehead atoms. The summed E-state index contributed by atoms with van der Waals surface area (Å²) in [5.74, 6) is 3.44. The van der Waals surface area contributed by atoms with Crippen molar-refractivity contribution in [2.45, 2.75) is 21.8 Å². The Hall–Kier alpha value is -2.28. The Morgan fingerprint density at radius 3 is 1.70 bits per heavy atom. The zero-order valence-electron chi connectivity index (χ0n) is 15.7. The van der Waals surface area contributed by atoms with Crippen LogP contribution in [0.5, 0.6) is 0 Å². The molecule has 0 saturated heterocycles. The van der Waals surface area contributed by atoms with Gasteiger partial charge in [0.05, 0.1) is 25.6 Å². The van der Waals surface area contributed by atoms with E-state index in [1.165, 1.54) is 0 Å². The van der Waals surface area contributed by atoms with E-state index in [4.69, 9.17) is 8.83 Å². The van der Waals surface area contributed by atoms with Gasteiger partial charge in [0, 0.05) is 11.5 Å². The molecule has 4 aromatic rings. The summed E-state index contributed by atoms with van der Waals surface area (Å²) in [6, 6.07) is 7.58. The van der Waals surface area contributed by atoms with Crippen molar-refractivity contribution in [3.63, 3.8) is 0 Å². The van der Waals surface area contributed by atoms with Gasteiger partial charge in [-0.1, -0.05) is 58.3 Å². The lowest BCUT2D eigenvalue weighted by atomic mass is 10.4. The van der Waals surface area contributed by atoms with Crippen molar-refractivity contribution in [1.29, 1.82) is 0 Å². The Morgan fingerprint density at radius 2 is 1.27 bits per heavy atom. The number of rotatable bonds is 12. The molecule has 8 nitrogen and oxygen atoms in total. The average Bonchev–Trinajstić information content (AvgIpc) is 3.55. The molecular formula is C18H18N6O2S4. The van der Waals surface area contributed by atoms with Gasteiger partial charge in [0.15, 0.2) is 8.68 Å². The van der Waals surface area contributed by atoms with Crippen LogP contribution in [0.25, 0.3) is 0 Å². The molecule has 0 aliphatic heterocycles. The lowest BCUT2D eigenvalue weighted by Gasteiger charge is -1.96. The number of hydrogen-bond acceptors (Lipinski definition) is 12. The van der Waals surface area contributed by atoms with Gasteiger partial charge in [0.1, 0.15) is 11.5 Å². The molecule has 0 aliphatic carbocycles. The first-order valence-corrected chi connectivity index (χ1v) is 12.6. The summed E-state index contributed by atoms with van der Waals surface area (Å²) in [4.78, 5) is 0. The van der Waals surface area contributed by atoms with Gasteiger partial charge in [-0.2, -0.15) is 0 Å². The Morgan fingerprint density at radius 1 is 0.767 bits per heavy atom. The number of furan rings is 2. The van der Waals surface area contributed by atoms with Crippen LogP contribution >= 0.6 is 46.2 Å². The number of nitrogens with zero attached hydrogens (tertiary/aromatic N) is 4. The standard InChI is InChI=1S/C18H18N6O2S4/c1(9-27-17-23-21-15(29-17)19-11-13-5-3-7-25-13)2-10-28-18-24-22-16(30-18)20-12-14-6-4-8-26-14/h1-8H,9-12H2,(H,19,21)(H,20,22)/b2-1+. The third-order valence-electron chi connectivity index (χ3n) is 3.57. The predicted molar refractivity (Wildman–Crippen MR) is 122 cm³/mol. The van der Waals surface area contributed by atoms with Crippen molar-refractivity contribution >= 4 is 56.5 Å². The molecule has 0 fully saturated rings. The van der Waals surface area contributed by atoms with Crippen molar-refractivity contribution < 1.29 is 8.83 Å². The van der Waals surface area contributed by atoms with Crippen LogP contribution in [0.4, 0.5) is 10.3 Å². The lowest BCUT2D eigenvalue weighted by molar-refractivity contribution is 0.517. The second-order valence-electron chi connectivity index (χ2n) is 5.71. The second-order valence-corrected chi connectivity index (χ2v) is 10.2. The van der Waals surface area contributed by atoms with Crippen molar-refractivity contribution in [2.24, 2.45) is 0 Å². The number of anilines is 2. The highest BCUT2D eigenvalue weighted by atomic mass is 32.2. The number of nitrogens with one attached hydrogen (secondary N) is 2. The number of hydrogen-bond donors (Lipinski definition) is 2. The van der Waals surface area contributed by atoms with E-state index in [9.17, 15) is 0 Å². The van der Waals surface area contributed by atoms with Crippen LogP contribution in [0.15, 0.2) is 66.5 Å². The molecule has 4 aromatic heterocycles. The van der Waals surface area contributed by atoms with Crippen LogP contribution in [-0.4, -0.2) is 31.9 Å². The highest BCUT2D eigenvalue weighted by molar-refractivity contribution is 8.01. The topological polar surface area (TPSA) is 102 Å². The molecule has 0 unspecified atom stereocenters. The number of aromatic nitrogens is 4. The van der Waals surface area contributed by atoms with E-state index in [1.807, 2.05) is 24.3 Å². The highest BCUT2D eigenvalue weighted by Gasteiger charge is 2.06. The monoisotopic (exact) mass is 478 g/mol. The maximum Gasteiger partial charge on any atom is 0.206 e. The van der Waals surface area contributed by atoms with Crippen LogP contribution in [0.1, 0.15) is 11.5 Å². The van der Waals surface area contributed by atoms with E-state index in [0.29, 0.717) is 13.1 Å². The van der Waals surface area contributed by atoms with Gasteiger partial charge in [-0.25, -0.2) is 0 Å². The van der Waals surface area contributed by atoms with E-state index in [2.05, 4.69) is 43.2 Å². The number of thioether (sulfide) groups is 2. The lowest BCUT2D eigenvalue weighted by Crippen LogP contribution is -1.96. The van der Waals surface area contributed by atoms with Crippen molar-refractivity contribution in [3.8, 4) is 0 Å². The predicted octanol–water partition coefficient (Wildman–Crippen LogP) is 5.24. The molecule has 0 aliphatic rings. The van der Waals surface area contributed by atoms with Crippen LogP contribution in [0.2, 0.25) is 0 Å². The van der Waals surface area contributed by atoms with Gasteiger partial charge in [0.2, 0.25) is 10.3 Å². The third-order valence-corrected chi connectivity index (χ3v) is 7.51. The van der Waals surface area contributed by atoms with Crippen molar-refractivity contribution in [3.05, 3.63) is 60.5 Å². The minimum absolute atomic E-state index is 0.606. The van der Waals surface area contributed by atoms with Crippen molar-refractivity contribution in [1.82, 2.24) is 20.4 Å². The molecule has 2 N–H and O–H groups in total. The van der Waals surface area contributed by atoms with E-state index < -0.39 is 0 Å². The molecule has 12 heteroatoms. The fourth-order valence-electron chi connectivity index (χ4n) is 2.21. The van der Waals surface area contributed by atoms with Crippen LogP contribution < -0.4 is 10.6 Å². The van der Waals surface area contributed by atoms with Gasteiger partial charge < -0.3 is 19.5 Å². The van der Waals surface area contributed by atoms with E-state index in [1.54, 1.807) is 58.7 Å². The maximum atomic E-state index is 5.29. The van der Waals surface area contributed by atoms with Gasteiger partial charge in [-0.05, 0) is 24.3 Å². The summed E-state index contributed by atoms with van der Waals surface area (Å²) in [5.41, 5.74) is 0. The maximum absolute atomic E-state index is 5.29. The van der Waals surface area contributed by atoms with Gasteiger partial charge in [0.25, 0.3) is 0 Å². The third kappa shape index (κ3) is 6.62. The summed E-state index contributed by atoms with van der Waals surface area (Å²) >= 11 is 6.40. The summed E-state index contributed by atoms with van der Waals surface area (Å²) < 4.78 is 12.4. The summed E-state index contributed by atoms with van der Waals surface area (Å²) in [6.45, 7) is 1.21. The first kappa shape index (κ1) is 21.0. The minimum Gasteiger partial charge on any atom is -0.467 e. The molecule has 4 heterocycles. The summed E-state index contributed by atoms with van der Waals surface area (Å²) in [7, 11) is 0. The molecular weight excluding hydrogens is 461 g/mol. The van der Waals surface area contributed by atoms with Crippen LogP contribution in [0, 0.1) is 0 Å². The van der Waals surface area contributed by atoms with Gasteiger partial charge in [-0.15, -0.1) is 20.4 Å². The second kappa shape index (κ2) is 11.2. The first-order valence-electron chi connectivity index (χ1n) is 8.95. The molecule has 0 radical (unpaired) electrons. The molecule has 0 saturated carbocycles. The fourth-order valence-corrected chi connectivity index (χ4v) is 5.45. The van der Waals surface area contributed by atoms with Gasteiger partial charge >= 0.3 is 0 Å². The Balaban J connectivity index is 1.11. The normalized spacial score (nSPS) is 11.3. The molecule has 0 spiro atoms. The molecule has 156 valence electrons. The fraction of sp³-hybridized carbons (Fsp3) is 0.222. The molecule has 4 rings (SSSR count). The zero-order chi connectivity index (χ0) is 20.4. The summed E-state index contributed by atoms with van der Waals surface area (Å²) in [5, 5.41) is 24.7.